The van der Waals surface area contributed by atoms with Gasteiger partial charge in [0.1, 0.15) is 18.5 Å². The topological polar surface area (TPSA) is 105 Å². The number of para-hydroxylation sites is 1. The van der Waals surface area contributed by atoms with E-state index in [1.54, 1.807) is 57.2 Å². The van der Waals surface area contributed by atoms with Crippen LogP contribution in [0.5, 0.6) is 0 Å². The summed E-state index contributed by atoms with van der Waals surface area (Å²) < 4.78 is 54.6. The van der Waals surface area contributed by atoms with Crippen LogP contribution in [-0.2, 0) is 15.6 Å². The fourth-order valence-corrected chi connectivity index (χ4v) is 5.46. The van der Waals surface area contributed by atoms with E-state index in [4.69, 9.17) is 4.84 Å². The number of hydrogen-bond donors (Lipinski definition) is 3. The van der Waals surface area contributed by atoms with E-state index < -0.39 is 30.6 Å². The molecule has 0 saturated heterocycles. The summed E-state index contributed by atoms with van der Waals surface area (Å²) in [7, 11) is -2.80. The van der Waals surface area contributed by atoms with Crippen molar-refractivity contribution in [2.45, 2.75) is 26.9 Å². The third-order valence-electron chi connectivity index (χ3n) is 5.42. The highest BCUT2D eigenvalue weighted by Gasteiger charge is 2.36. The first-order valence-electron chi connectivity index (χ1n) is 11.3. The Morgan fingerprint density at radius 2 is 1.67 bits per heavy atom. The van der Waals surface area contributed by atoms with Crippen LogP contribution in [0.3, 0.4) is 0 Å². The number of benzene rings is 2. The van der Waals surface area contributed by atoms with Gasteiger partial charge in [-0.3, -0.25) is 9.63 Å². The van der Waals surface area contributed by atoms with Gasteiger partial charge in [0.25, 0.3) is 5.91 Å². The van der Waals surface area contributed by atoms with Gasteiger partial charge >= 0.3 is 6.18 Å². The number of alkyl halides is 3. The number of hydrogen-bond acceptors (Lipinski definition) is 7. The van der Waals surface area contributed by atoms with Gasteiger partial charge < -0.3 is 15.2 Å². The SMILES string of the molecule is CCONC(=O)c1ccc(Nc2ncc(C(F)(F)F)c(Nc3ccccc3P(=O)(CC)CC)n2)cc1. The molecule has 0 radical (unpaired) electrons. The maximum absolute atomic E-state index is 13.7. The minimum Gasteiger partial charge on any atom is -0.339 e. The summed E-state index contributed by atoms with van der Waals surface area (Å²) in [5.41, 5.74) is 2.29. The first kappa shape index (κ1) is 27.2. The summed E-state index contributed by atoms with van der Waals surface area (Å²) in [5, 5.41) is 6.05. The van der Waals surface area contributed by atoms with Crippen molar-refractivity contribution in [3.63, 3.8) is 0 Å². The Labute approximate surface area is 207 Å². The molecule has 1 heterocycles. The molecular formula is C24H27F3N5O3P. The molecule has 0 atom stereocenters. The highest BCUT2D eigenvalue weighted by Crippen LogP contribution is 2.46. The van der Waals surface area contributed by atoms with Gasteiger partial charge in [0, 0.05) is 35.1 Å². The molecule has 0 saturated carbocycles. The molecule has 1 aromatic heterocycles. The maximum atomic E-state index is 13.7. The normalized spacial score (nSPS) is 11.7. The van der Waals surface area contributed by atoms with Crippen molar-refractivity contribution in [3.05, 3.63) is 65.9 Å². The molecule has 0 fully saturated rings. The van der Waals surface area contributed by atoms with E-state index in [2.05, 4.69) is 26.1 Å². The zero-order valence-corrected chi connectivity index (χ0v) is 20.9. The molecule has 0 bridgehead atoms. The van der Waals surface area contributed by atoms with E-state index in [-0.39, 0.29) is 5.95 Å². The minimum absolute atomic E-state index is 0.0938. The van der Waals surface area contributed by atoms with Gasteiger partial charge in [-0.25, -0.2) is 10.5 Å². The molecule has 0 unspecified atom stereocenters. The van der Waals surface area contributed by atoms with Gasteiger partial charge in [-0.15, -0.1) is 0 Å². The second kappa shape index (κ2) is 11.5. The summed E-state index contributed by atoms with van der Waals surface area (Å²) in [5.74, 6) is -1.00. The van der Waals surface area contributed by atoms with Crippen molar-refractivity contribution >= 4 is 41.5 Å². The van der Waals surface area contributed by atoms with Crippen LogP contribution in [-0.4, -0.2) is 34.8 Å². The maximum Gasteiger partial charge on any atom is 0.421 e. The van der Waals surface area contributed by atoms with Crippen molar-refractivity contribution in [1.29, 1.82) is 0 Å². The van der Waals surface area contributed by atoms with Crippen molar-refractivity contribution in [2.75, 3.05) is 29.6 Å². The molecule has 2 aromatic carbocycles. The van der Waals surface area contributed by atoms with Crippen molar-refractivity contribution in [1.82, 2.24) is 15.4 Å². The van der Waals surface area contributed by atoms with Crippen LogP contribution in [0, 0.1) is 0 Å². The lowest BCUT2D eigenvalue weighted by Gasteiger charge is -2.21. The van der Waals surface area contributed by atoms with Gasteiger partial charge in [0.15, 0.2) is 0 Å². The summed E-state index contributed by atoms with van der Waals surface area (Å²) >= 11 is 0. The van der Waals surface area contributed by atoms with Crippen LogP contribution in [0.2, 0.25) is 0 Å². The fraction of sp³-hybridized carbons (Fsp3) is 0.292. The molecule has 8 nitrogen and oxygen atoms in total. The van der Waals surface area contributed by atoms with Crippen LogP contribution in [0.4, 0.5) is 36.3 Å². The van der Waals surface area contributed by atoms with Gasteiger partial charge in [-0.1, -0.05) is 26.0 Å². The van der Waals surface area contributed by atoms with Crippen molar-refractivity contribution in [2.24, 2.45) is 0 Å². The number of halogens is 3. The zero-order chi connectivity index (χ0) is 26.3. The number of anilines is 4. The van der Waals surface area contributed by atoms with Gasteiger partial charge in [-0.05, 0) is 43.3 Å². The van der Waals surface area contributed by atoms with E-state index in [0.717, 1.165) is 0 Å². The second-order valence-corrected chi connectivity index (χ2v) is 11.2. The Kier molecular flexibility index (Phi) is 8.70. The molecule has 36 heavy (non-hydrogen) atoms. The molecule has 1 amide bonds. The second-order valence-electron chi connectivity index (χ2n) is 7.68. The number of carbonyl (C=O) groups is 1. The number of rotatable bonds is 10. The highest BCUT2D eigenvalue weighted by molar-refractivity contribution is 7.71. The molecular weight excluding hydrogens is 494 g/mol. The Hall–Kier alpha value is -3.43. The number of hydroxylamine groups is 1. The highest BCUT2D eigenvalue weighted by atomic mass is 31.2. The fourth-order valence-electron chi connectivity index (χ4n) is 3.40. The Balaban J connectivity index is 1.93. The average Bonchev–Trinajstić information content (AvgIpc) is 2.87. The van der Waals surface area contributed by atoms with Gasteiger partial charge in [0.2, 0.25) is 5.95 Å². The molecule has 192 valence electrons. The standard InChI is InChI=1S/C24H27F3N5O3P/c1-4-35-32-22(33)16-11-13-17(14-12-16)29-23-28-15-18(24(25,26)27)21(31-23)30-19-9-7-8-10-20(19)36(34,5-2)6-3/h7-15H,4-6H2,1-3H3,(H,32,33)(H2,28,29,30,31). The summed E-state index contributed by atoms with van der Waals surface area (Å²) in [6.45, 7) is 5.62. The third kappa shape index (κ3) is 6.41. The van der Waals surface area contributed by atoms with Gasteiger partial charge in [0.05, 0.1) is 12.3 Å². The molecule has 3 N–H and O–H groups in total. The molecule has 12 heteroatoms. The molecule has 0 aliphatic heterocycles. The number of carbonyl (C=O) groups excluding carboxylic acids is 1. The lowest BCUT2D eigenvalue weighted by molar-refractivity contribution is -0.137. The van der Waals surface area contributed by atoms with E-state index in [1.807, 2.05) is 0 Å². The summed E-state index contributed by atoms with van der Waals surface area (Å²) in [4.78, 5) is 24.7. The Morgan fingerprint density at radius 1 is 1.00 bits per heavy atom. The minimum atomic E-state index is -4.72. The van der Waals surface area contributed by atoms with Crippen LogP contribution >= 0.6 is 7.14 Å². The molecule has 3 rings (SSSR count). The first-order valence-corrected chi connectivity index (χ1v) is 13.4. The van der Waals surface area contributed by atoms with E-state index in [1.165, 1.54) is 12.1 Å². The predicted octanol–water partition coefficient (Wildman–Crippen LogP) is 5.69. The van der Waals surface area contributed by atoms with E-state index >= 15 is 0 Å². The lowest BCUT2D eigenvalue weighted by Crippen LogP contribution is -2.23. The molecule has 0 aliphatic rings. The third-order valence-corrected chi connectivity index (χ3v) is 8.74. The van der Waals surface area contributed by atoms with E-state index in [0.29, 0.717) is 47.4 Å². The van der Waals surface area contributed by atoms with Crippen LogP contribution in [0.25, 0.3) is 0 Å². The zero-order valence-electron chi connectivity index (χ0n) is 20.0. The van der Waals surface area contributed by atoms with Gasteiger partial charge in [-0.2, -0.15) is 18.2 Å². The van der Waals surface area contributed by atoms with Crippen molar-refractivity contribution < 1.29 is 27.4 Å². The largest absolute Gasteiger partial charge is 0.421 e. The number of nitrogens with zero attached hydrogens (tertiary/aromatic N) is 2. The lowest BCUT2D eigenvalue weighted by atomic mass is 10.2. The molecule has 0 spiro atoms. The van der Waals surface area contributed by atoms with Crippen LogP contribution < -0.4 is 21.4 Å². The van der Waals surface area contributed by atoms with Crippen LogP contribution in [0.1, 0.15) is 36.7 Å². The molecule has 0 aliphatic carbocycles. The van der Waals surface area contributed by atoms with Crippen LogP contribution in [0.15, 0.2) is 54.7 Å². The smallest absolute Gasteiger partial charge is 0.339 e. The Morgan fingerprint density at radius 3 is 2.28 bits per heavy atom. The number of amides is 1. The first-order chi connectivity index (χ1) is 17.1. The summed E-state index contributed by atoms with van der Waals surface area (Å²) in [6.07, 6.45) is -3.28. The molecule has 3 aromatic rings. The van der Waals surface area contributed by atoms with E-state index in [9.17, 15) is 22.5 Å². The quantitative estimate of drug-likeness (QED) is 0.232. The predicted molar refractivity (Wildman–Crippen MR) is 134 cm³/mol. The Bertz CT molecular complexity index is 1240. The number of aromatic nitrogens is 2. The average molecular weight is 521 g/mol. The summed E-state index contributed by atoms with van der Waals surface area (Å²) in [6, 6.07) is 12.7. The number of nitrogens with one attached hydrogen (secondary N) is 3. The monoisotopic (exact) mass is 521 g/mol. The van der Waals surface area contributed by atoms with Crippen molar-refractivity contribution in [3.8, 4) is 0 Å².